The zero-order valence-electron chi connectivity index (χ0n) is 13.3. The summed E-state index contributed by atoms with van der Waals surface area (Å²) in [5.41, 5.74) is 3.14. The van der Waals surface area contributed by atoms with Crippen LogP contribution in [0.1, 0.15) is 42.0 Å². The van der Waals surface area contributed by atoms with E-state index < -0.39 is 11.6 Å². The largest absolute Gasteiger partial charge is 0.207 e. The Morgan fingerprint density at radius 2 is 1.74 bits per heavy atom. The summed E-state index contributed by atoms with van der Waals surface area (Å²) in [5.74, 6) is -0.653. The summed E-state index contributed by atoms with van der Waals surface area (Å²) in [7, 11) is 0. The molecule has 0 saturated carbocycles. The van der Waals surface area contributed by atoms with Crippen molar-refractivity contribution in [2.24, 2.45) is 5.92 Å². The van der Waals surface area contributed by atoms with Gasteiger partial charge in [-0.25, -0.2) is 13.2 Å². The zero-order valence-corrected chi connectivity index (χ0v) is 13.3. The summed E-state index contributed by atoms with van der Waals surface area (Å²) in [6.45, 7) is 1.89. The lowest BCUT2D eigenvalue weighted by atomic mass is 9.81. The van der Waals surface area contributed by atoms with Crippen LogP contribution < -0.4 is 0 Å². The normalized spacial score (nSPS) is 17.1. The molecule has 3 rings (SSSR count). The third-order valence-corrected chi connectivity index (χ3v) is 4.91. The first-order valence-electron chi connectivity index (χ1n) is 8.31. The van der Waals surface area contributed by atoms with Crippen LogP contribution >= 0.6 is 0 Å². The fourth-order valence-electron chi connectivity index (χ4n) is 3.49. The van der Waals surface area contributed by atoms with Gasteiger partial charge in [0.2, 0.25) is 0 Å². The van der Waals surface area contributed by atoms with E-state index in [9.17, 15) is 13.2 Å². The molecule has 0 N–H and O–H groups in total. The highest BCUT2D eigenvalue weighted by Crippen LogP contribution is 2.30. The Morgan fingerprint density at radius 3 is 2.43 bits per heavy atom. The lowest BCUT2D eigenvalue weighted by Gasteiger charge is -2.24. The van der Waals surface area contributed by atoms with Crippen molar-refractivity contribution in [2.45, 2.75) is 45.4 Å². The van der Waals surface area contributed by atoms with Crippen molar-refractivity contribution >= 4 is 0 Å². The Balaban J connectivity index is 1.67. The van der Waals surface area contributed by atoms with Crippen molar-refractivity contribution in [2.75, 3.05) is 0 Å². The smallest absolute Gasteiger partial charge is 0.129 e. The predicted molar refractivity (Wildman–Crippen MR) is 86.0 cm³/mol. The van der Waals surface area contributed by atoms with E-state index in [2.05, 4.69) is 0 Å². The minimum absolute atomic E-state index is 0.192. The Labute approximate surface area is 135 Å². The van der Waals surface area contributed by atoms with E-state index in [4.69, 9.17) is 0 Å². The van der Waals surface area contributed by atoms with Crippen molar-refractivity contribution in [3.05, 3.63) is 70.0 Å². The lowest BCUT2D eigenvalue weighted by molar-refractivity contribution is 0.417. The van der Waals surface area contributed by atoms with Crippen LogP contribution in [0.2, 0.25) is 0 Å². The molecule has 0 aliphatic heterocycles. The minimum Gasteiger partial charge on any atom is -0.207 e. The van der Waals surface area contributed by atoms with E-state index in [1.165, 1.54) is 23.8 Å². The quantitative estimate of drug-likeness (QED) is 0.707. The molecule has 0 heterocycles. The highest BCUT2D eigenvalue weighted by Gasteiger charge is 2.20. The molecule has 1 aliphatic carbocycles. The molecule has 3 heteroatoms. The molecule has 1 unspecified atom stereocenters. The number of halogens is 3. The van der Waals surface area contributed by atoms with E-state index in [1.54, 1.807) is 6.07 Å². The van der Waals surface area contributed by atoms with Gasteiger partial charge in [-0.3, -0.25) is 0 Å². The Morgan fingerprint density at radius 1 is 1.00 bits per heavy atom. The number of aryl methyl sites for hydroxylation is 2. The number of hydrogen-bond donors (Lipinski definition) is 0. The van der Waals surface area contributed by atoms with Crippen LogP contribution in [-0.4, -0.2) is 0 Å². The average molecular weight is 318 g/mol. The molecule has 0 spiro atoms. The summed E-state index contributed by atoms with van der Waals surface area (Å²) in [4.78, 5) is 0. The van der Waals surface area contributed by atoms with Crippen LogP contribution in [-0.2, 0) is 25.7 Å². The van der Waals surface area contributed by atoms with Crippen LogP contribution in [0.4, 0.5) is 13.2 Å². The molecule has 0 fully saturated rings. The maximum atomic E-state index is 14.1. The van der Waals surface area contributed by atoms with E-state index in [0.717, 1.165) is 31.2 Å². The molecule has 0 aromatic heterocycles. The van der Waals surface area contributed by atoms with Gasteiger partial charge in [-0.15, -0.1) is 0 Å². The van der Waals surface area contributed by atoms with E-state index >= 15 is 0 Å². The molecule has 2 aromatic carbocycles. The molecule has 2 aromatic rings. The monoisotopic (exact) mass is 318 g/mol. The molecule has 0 nitrogen and oxygen atoms in total. The van der Waals surface area contributed by atoms with Gasteiger partial charge in [-0.1, -0.05) is 13.0 Å². The molecule has 0 radical (unpaired) electrons. The van der Waals surface area contributed by atoms with Gasteiger partial charge < -0.3 is 0 Å². The van der Waals surface area contributed by atoms with E-state index in [-0.39, 0.29) is 11.4 Å². The summed E-state index contributed by atoms with van der Waals surface area (Å²) in [6, 6.07) is 7.82. The van der Waals surface area contributed by atoms with Crippen molar-refractivity contribution < 1.29 is 13.2 Å². The van der Waals surface area contributed by atoms with E-state index in [0.29, 0.717) is 24.3 Å². The standard InChI is InChI=1S/C20H21F3/c1-2-13-10-19(22)18(20(23)11-13)8-4-14-3-5-16-12-17(21)7-6-15(16)9-14/h6-7,10-12,14H,2-5,8-9H2,1H3. The average Bonchev–Trinajstić information content (AvgIpc) is 2.53. The summed E-state index contributed by atoms with van der Waals surface area (Å²) >= 11 is 0. The van der Waals surface area contributed by atoms with Crippen LogP contribution in [0, 0.1) is 23.4 Å². The first-order chi connectivity index (χ1) is 11.1. The molecule has 23 heavy (non-hydrogen) atoms. The van der Waals surface area contributed by atoms with Gasteiger partial charge in [0.25, 0.3) is 0 Å². The second-order valence-corrected chi connectivity index (χ2v) is 6.45. The van der Waals surface area contributed by atoms with E-state index in [1.807, 2.05) is 13.0 Å². The SMILES string of the molecule is CCc1cc(F)c(CCC2CCc3cc(F)ccc3C2)c(F)c1. The first kappa shape index (κ1) is 16.1. The zero-order chi connectivity index (χ0) is 16.4. The van der Waals surface area contributed by atoms with Crippen molar-refractivity contribution in [1.82, 2.24) is 0 Å². The van der Waals surface area contributed by atoms with Gasteiger partial charge in [0.1, 0.15) is 17.5 Å². The van der Waals surface area contributed by atoms with Gasteiger partial charge in [0.15, 0.2) is 0 Å². The second kappa shape index (κ2) is 6.77. The van der Waals surface area contributed by atoms with Gasteiger partial charge in [-0.05, 0) is 85.4 Å². The van der Waals surface area contributed by atoms with Crippen LogP contribution in [0.15, 0.2) is 30.3 Å². The summed E-state index contributed by atoms with van der Waals surface area (Å²) in [6.07, 6.45) is 4.47. The molecular formula is C20H21F3. The molecule has 1 atom stereocenters. The molecule has 0 amide bonds. The first-order valence-corrected chi connectivity index (χ1v) is 8.31. The topological polar surface area (TPSA) is 0 Å². The molecule has 0 bridgehead atoms. The number of rotatable bonds is 4. The third-order valence-electron chi connectivity index (χ3n) is 4.91. The lowest BCUT2D eigenvalue weighted by Crippen LogP contribution is -2.15. The van der Waals surface area contributed by atoms with Gasteiger partial charge in [0, 0.05) is 5.56 Å². The highest BCUT2D eigenvalue weighted by atomic mass is 19.1. The fourth-order valence-corrected chi connectivity index (χ4v) is 3.49. The minimum atomic E-state index is -0.430. The number of hydrogen-bond acceptors (Lipinski definition) is 0. The predicted octanol–water partition coefficient (Wildman–Crippen LogP) is 5.40. The van der Waals surface area contributed by atoms with Crippen molar-refractivity contribution in [1.29, 1.82) is 0 Å². The van der Waals surface area contributed by atoms with Gasteiger partial charge in [0.05, 0.1) is 0 Å². The van der Waals surface area contributed by atoms with Gasteiger partial charge >= 0.3 is 0 Å². The highest BCUT2D eigenvalue weighted by molar-refractivity contribution is 5.31. The molecule has 0 saturated heterocycles. The number of benzene rings is 2. The van der Waals surface area contributed by atoms with Crippen LogP contribution in [0.3, 0.4) is 0 Å². The Hall–Kier alpha value is -1.77. The Bertz CT molecular complexity index is 683. The second-order valence-electron chi connectivity index (χ2n) is 6.45. The van der Waals surface area contributed by atoms with Crippen LogP contribution in [0.5, 0.6) is 0 Å². The number of fused-ring (bicyclic) bond motifs is 1. The van der Waals surface area contributed by atoms with Crippen LogP contribution in [0.25, 0.3) is 0 Å². The van der Waals surface area contributed by atoms with Crippen molar-refractivity contribution in [3.63, 3.8) is 0 Å². The summed E-state index contributed by atoms with van der Waals surface area (Å²) < 4.78 is 41.3. The maximum absolute atomic E-state index is 14.1. The Kier molecular flexibility index (Phi) is 4.74. The van der Waals surface area contributed by atoms with Crippen molar-refractivity contribution in [3.8, 4) is 0 Å². The third kappa shape index (κ3) is 3.60. The summed E-state index contributed by atoms with van der Waals surface area (Å²) in [5, 5.41) is 0. The molecular weight excluding hydrogens is 297 g/mol. The molecule has 1 aliphatic rings. The maximum Gasteiger partial charge on any atom is 0.129 e. The fraction of sp³-hybridized carbons (Fsp3) is 0.400. The van der Waals surface area contributed by atoms with Gasteiger partial charge in [-0.2, -0.15) is 0 Å². The molecule has 122 valence electrons.